The highest BCUT2D eigenvalue weighted by molar-refractivity contribution is 4.92. The van der Waals surface area contributed by atoms with Gasteiger partial charge in [-0.2, -0.15) is 0 Å². The first-order valence-corrected chi connectivity index (χ1v) is 4.72. The van der Waals surface area contributed by atoms with Crippen LogP contribution in [-0.4, -0.2) is 6.04 Å². The monoisotopic (exact) mass is 155 g/mol. The van der Waals surface area contributed by atoms with Gasteiger partial charge in [0.05, 0.1) is 0 Å². The van der Waals surface area contributed by atoms with Gasteiger partial charge < -0.3 is 5.73 Å². The van der Waals surface area contributed by atoms with Crippen molar-refractivity contribution in [2.45, 2.75) is 46.6 Å². The van der Waals surface area contributed by atoms with Gasteiger partial charge in [0.2, 0.25) is 0 Å². The summed E-state index contributed by atoms with van der Waals surface area (Å²) >= 11 is 0. The molecule has 1 fully saturated rings. The Kier molecular flexibility index (Phi) is 2.29. The fourth-order valence-corrected chi connectivity index (χ4v) is 2.13. The molecule has 0 aliphatic heterocycles. The quantitative estimate of drug-likeness (QED) is 0.571. The molecule has 66 valence electrons. The maximum atomic E-state index is 6.15. The maximum absolute atomic E-state index is 6.15. The zero-order valence-corrected chi connectivity index (χ0v) is 8.22. The molecule has 0 amide bonds. The standard InChI is InChI=1S/C10H21N/c1-7-5-6-8(2)10(3,4)9(7)11/h7-9H,5-6,11H2,1-4H3. The minimum absolute atomic E-state index is 0.345. The molecule has 1 aliphatic rings. The third-order valence-corrected chi connectivity index (χ3v) is 3.80. The molecule has 0 spiro atoms. The molecule has 0 radical (unpaired) electrons. The van der Waals surface area contributed by atoms with Crippen LogP contribution >= 0.6 is 0 Å². The van der Waals surface area contributed by atoms with E-state index in [1.54, 1.807) is 0 Å². The number of hydrogen-bond acceptors (Lipinski definition) is 1. The van der Waals surface area contributed by atoms with Crippen LogP contribution in [-0.2, 0) is 0 Å². The number of hydrogen-bond donors (Lipinski definition) is 1. The van der Waals surface area contributed by atoms with Crippen molar-refractivity contribution in [2.75, 3.05) is 0 Å². The van der Waals surface area contributed by atoms with E-state index >= 15 is 0 Å². The van der Waals surface area contributed by atoms with E-state index in [1.165, 1.54) is 12.8 Å². The molecule has 0 aromatic carbocycles. The lowest BCUT2D eigenvalue weighted by Gasteiger charge is -2.45. The molecule has 0 bridgehead atoms. The van der Waals surface area contributed by atoms with Crippen molar-refractivity contribution in [1.29, 1.82) is 0 Å². The third kappa shape index (κ3) is 1.44. The summed E-state index contributed by atoms with van der Waals surface area (Å²) in [6.07, 6.45) is 2.66. The minimum atomic E-state index is 0.345. The molecule has 0 saturated heterocycles. The van der Waals surface area contributed by atoms with Gasteiger partial charge in [0.25, 0.3) is 0 Å². The molecule has 1 aliphatic carbocycles. The van der Waals surface area contributed by atoms with E-state index in [2.05, 4.69) is 27.7 Å². The first-order valence-electron chi connectivity index (χ1n) is 4.72. The first kappa shape index (κ1) is 9.05. The summed E-state index contributed by atoms with van der Waals surface area (Å²) in [6, 6.07) is 0.395. The molecule has 1 nitrogen and oxygen atoms in total. The summed E-state index contributed by atoms with van der Waals surface area (Å²) in [5, 5.41) is 0. The molecular weight excluding hydrogens is 134 g/mol. The molecule has 1 heteroatoms. The van der Waals surface area contributed by atoms with Gasteiger partial charge >= 0.3 is 0 Å². The fraction of sp³-hybridized carbons (Fsp3) is 1.00. The van der Waals surface area contributed by atoms with Crippen molar-refractivity contribution >= 4 is 0 Å². The predicted molar refractivity (Wildman–Crippen MR) is 49.3 cm³/mol. The average molecular weight is 155 g/mol. The largest absolute Gasteiger partial charge is 0.327 e. The second kappa shape index (κ2) is 2.78. The highest BCUT2D eigenvalue weighted by atomic mass is 14.7. The maximum Gasteiger partial charge on any atom is 0.0119 e. The summed E-state index contributed by atoms with van der Waals surface area (Å²) in [6.45, 7) is 9.21. The summed E-state index contributed by atoms with van der Waals surface area (Å²) in [4.78, 5) is 0. The molecule has 0 aromatic rings. The van der Waals surface area contributed by atoms with Gasteiger partial charge in [-0.1, -0.05) is 27.7 Å². The Bertz CT molecular complexity index is 140. The summed E-state index contributed by atoms with van der Waals surface area (Å²) in [7, 11) is 0. The van der Waals surface area contributed by atoms with E-state index in [-0.39, 0.29) is 0 Å². The molecule has 3 atom stereocenters. The average Bonchev–Trinajstić information content (AvgIpc) is 1.95. The SMILES string of the molecule is CC1CCC(C)C(C)(C)C1N. The van der Waals surface area contributed by atoms with Crippen molar-refractivity contribution in [3.63, 3.8) is 0 Å². The summed E-state index contributed by atoms with van der Waals surface area (Å²) < 4.78 is 0. The first-order chi connectivity index (χ1) is 4.96. The van der Waals surface area contributed by atoms with E-state index in [1.807, 2.05) is 0 Å². The van der Waals surface area contributed by atoms with Crippen molar-refractivity contribution in [3.8, 4) is 0 Å². The van der Waals surface area contributed by atoms with Crippen molar-refractivity contribution in [2.24, 2.45) is 23.0 Å². The van der Waals surface area contributed by atoms with Gasteiger partial charge in [-0.3, -0.25) is 0 Å². The van der Waals surface area contributed by atoms with Crippen molar-refractivity contribution in [1.82, 2.24) is 0 Å². The van der Waals surface area contributed by atoms with Gasteiger partial charge in [-0.15, -0.1) is 0 Å². The minimum Gasteiger partial charge on any atom is -0.327 e. The molecule has 3 unspecified atom stereocenters. The lowest BCUT2D eigenvalue weighted by atomic mass is 9.63. The Morgan fingerprint density at radius 3 is 2.18 bits per heavy atom. The zero-order valence-electron chi connectivity index (χ0n) is 8.22. The smallest absolute Gasteiger partial charge is 0.0119 e. The summed E-state index contributed by atoms with van der Waals surface area (Å²) in [5.41, 5.74) is 6.49. The number of nitrogens with two attached hydrogens (primary N) is 1. The van der Waals surface area contributed by atoms with Crippen LogP contribution in [0.2, 0.25) is 0 Å². The number of rotatable bonds is 0. The predicted octanol–water partition coefficient (Wildman–Crippen LogP) is 2.41. The van der Waals surface area contributed by atoms with Crippen molar-refractivity contribution in [3.05, 3.63) is 0 Å². The van der Waals surface area contributed by atoms with E-state index in [9.17, 15) is 0 Å². The Morgan fingerprint density at radius 2 is 1.73 bits per heavy atom. The van der Waals surface area contributed by atoms with Gasteiger partial charge in [0, 0.05) is 6.04 Å². The van der Waals surface area contributed by atoms with Crippen molar-refractivity contribution < 1.29 is 0 Å². The Morgan fingerprint density at radius 1 is 1.18 bits per heavy atom. The van der Waals surface area contributed by atoms with Gasteiger partial charge in [-0.05, 0) is 30.1 Å². The molecular formula is C10H21N. The molecule has 2 N–H and O–H groups in total. The van der Waals surface area contributed by atoms with Crippen LogP contribution in [0.3, 0.4) is 0 Å². The van der Waals surface area contributed by atoms with Crippen LogP contribution in [0.4, 0.5) is 0 Å². The Hall–Kier alpha value is -0.0400. The van der Waals surface area contributed by atoms with E-state index in [0.29, 0.717) is 17.4 Å². The van der Waals surface area contributed by atoms with Crippen LogP contribution in [0.15, 0.2) is 0 Å². The highest BCUT2D eigenvalue weighted by Gasteiger charge is 2.39. The lowest BCUT2D eigenvalue weighted by molar-refractivity contribution is 0.0827. The fourth-order valence-electron chi connectivity index (χ4n) is 2.13. The van der Waals surface area contributed by atoms with E-state index < -0.39 is 0 Å². The van der Waals surface area contributed by atoms with Crippen LogP contribution in [0.25, 0.3) is 0 Å². The van der Waals surface area contributed by atoms with Crippen LogP contribution in [0.5, 0.6) is 0 Å². The van der Waals surface area contributed by atoms with Gasteiger partial charge in [0.15, 0.2) is 0 Å². The summed E-state index contributed by atoms with van der Waals surface area (Å²) in [5.74, 6) is 1.50. The molecule has 1 saturated carbocycles. The van der Waals surface area contributed by atoms with Crippen LogP contribution in [0, 0.1) is 17.3 Å². The highest BCUT2D eigenvalue weighted by Crippen LogP contribution is 2.41. The third-order valence-electron chi connectivity index (χ3n) is 3.80. The Balaban J connectivity index is 2.72. The zero-order chi connectivity index (χ0) is 8.65. The molecule has 11 heavy (non-hydrogen) atoms. The lowest BCUT2D eigenvalue weighted by Crippen LogP contribution is -2.49. The molecule has 1 rings (SSSR count). The van der Waals surface area contributed by atoms with Crippen LogP contribution < -0.4 is 5.73 Å². The van der Waals surface area contributed by atoms with Gasteiger partial charge in [-0.25, -0.2) is 0 Å². The Labute approximate surface area is 70.4 Å². The van der Waals surface area contributed by atoms with E-state index in [0.717, 1.165) is 5.92 Å². The normalized spacial score (nSPS) is 43.9. The van der Waals surface area contributed by atoms with Gasteiger partial charge in [0.1, 0.15) is 0 Å². The van der Waals surface area contributed by atoms with Crippen LogP contribution in [0.1, 0.15) is 40.5 Å². The van der Waals surface area contributed by atoms with E-state index in [4.69, 9.17) is 5.73 Å². The second-order valence-corrected chi connectivity index (χ2v) is 4.80. The molecule has 0 heterocycles. The topological polar surface area (TPSA) is 26.0 Å². The molecule has 0 aromatic heterocycles. The second-order valence-electron chi connectivity index (χ2n) is 4.80.